The molecule has 9 aromatic carbocycles. The number of benzene rings is 9. The van der Waals surface area contributed by atoms with Crippen LogP contribution in [0.25, 0.3) is 99.8 Å². The molecule has 0 spiro atoms. The molecule has 0 bridgehead atoms. The van der Waals surface area contributed by atoms with Gasteiger partial charge in [-0.2, -0.15) is 0 Å². The van der Waals surface area contributed by atoms with Crippen LogP contribution in [0.4, 0.5) is 0 Å². The number of para-hydroxylation sites is 5. The molecule has 0 aliphatic rings. The Labute approximate surface area is 455 Å². The zero-order valence-corrected chi connectivity index (χ0v) is 43.5. The number of nitrogens with zero attached hydrogens (tertiary/aromatic N) is 5. The lowest BCUT2D eigenvalue weighted by Crippen LogP contribution is -2.31. The van der Waals surface area contributed by atoms with Crippen molar-refractivity contribution < 1.29 is 20.3 Å². The highest BCUT2D eigenvalue weighted by molar-refractivity contribution is 6.12. The first-order valence-electron chi connectivity index (χ1n) is 29.8. The monoisotopic (exact) mass is 994 g/mol. The molecule has 13 rings (SSSR count). The van der Waals surface area contributed by atoms with Crippen LogP contribution in [-0.4, -0.2) is 18.7 Å². The maximum atomic E-state index is 9.16. The SMILES string of the molecule is [2H]c1c([2H])c([2H])c2c(c1[2H])c1c([2H])c([2H])c([2H])c([2H])c1n2-c1ccc2c(c1)c1ccc(Oc3cccc(-n4[c-][n+](-c5c(-c6ccccc6)cccc5-c5cc(C(C)(C)C)cc(C(C)(C)C)c5)c5ccccc54)c3)cc1n2-c1cc(CC)ccn1. The minimum absolute atomic E-state index is 0.0223. The number of aromatic nitrogens is 5. The fourth-order valence-electron chi connectivity index (χ4n) is 10.7. The number of fused-ring (bicyclic) bond motifs is 7. The second kappa shape index (κ2) is 18.1. The van der Waals surface area contributed by atoms with E-state index in [9.17, 15) is 0 Å². The zero-order valence-electron chi connectivity index (χ0n) is 51.5. The quantitative estimate of drug-likeness (QED) is 0.107. The molecular weight excluding hydrogens is 927 g/mol. The number of aryl methyl sites for hydroxylation is 1. The number of hydrogen-bond donors (Lipinski definition) is 0. The van der Waals surface area contributed by atoms with Gasteiger partial charge in [0.1, 0.15) is 17.3 Å². The van der Waals surface area contributed by atoms with Gasteiger partial charge >= 0.3 is 0 Å². The largest absolute Gasteiger partial charge is 0.458 e. The molecular formula is C70H59N5O. The van der Waals surface area contributed by atoms with E-state index in [1.807, 2.05) is 66.7 Å². The summed E-state index contributed by atoms with van der Waals surface area (Å²) in [4.78, 5) is 4.88. The van der Waals surface area contributed by atoms with Crippen molar-refractivity contribution in [1.82, 2.24) is 18.7 Å². The van der Waals surface area contributed by atoms with E-state index in [0.29, 0.717) is 23.0 Å². The fraction of sp³-hybridized carbons (Fsp3) is 0.143. The summed E-state index contributed by atoms with van der Waals surface area (Å²) in [5.74, 6) is 1.84. The minimum Gasteiger partial charge on any atom is -0.458 e. The Morgan fingerprint density at radius 2 is 1.18 bits per heavy atom. The highest BCUT2D eigenvalue weighted by Gasteiger charge is 2.25. The smallest absolute Gasteiger partial charge is 0.269 e. The van der Waals surface area contributed by atoms with Gasteiger partial charge in [0.15, 0.2) is 0 Å². The third kappa shape index (κ3) is 8.04. The van der Waals surface area contributed by atoms with E-state index in [-0.39, 0.29) is 56.8 Å². The van der Waals surface area contributed by atoms with Crippen LogP contribution in [-0.2, 0) is 17.3 Å². The molecule has 0 atom stereocenters. The van der Waals surface area contributed by atoms with Gasteiger partial charge in [0.2, 0.25) is 0 Å². The lowest BCUT2D eigenvalue weighted by Gasteiger charge is -2.27. The number of imidazole rings is 1. The molecule has 0 aliphatic carbocycles. The first kappa shape index (κ1) is 38.6. The van der Waals surface area contributed by atoms with Crippen molar-refractivity contribution in [3.8, 4) is 56.6 Å². The van der Waals surface area contributed by atoms with E-state index in [4.69, 9.17) is 20.7 Å². The van der Waals surface area contributed by atoms with Crippen molar-refractivity contribution in [3.63, 3.8) is 0 Å². The first-order valence-corrected chi connectivity index (χ1v) is 25.8. The predicted octanol–water partition coefficient (Wildman–Crippen LogP) is 17.6. The Kier molecular flexibility index (Phi) is 9.20. The maximum absolute atomic E-state index is 9.16. The van der Waals surface area contributed by atoms with Gasteiger partial charge in [-0.15, -0.1) is 0 Å². The van der Waals surface area contributed by atoms with Gasteiger partial charge in [0.25, 0.3) is 6.33 Å². The maximum Gasteiger partial charge on any atom is 0.269 e. The molecule has 0 saturated carbocycles. The Morgan fingerprint density at radius 1 is 0.513 bits per heavy atom. The molecule has 0 N–H and O–H groups in total. The van der Waals surface area contributed by atoms with Crippen molar-refractivity contribution in [2.75, 3.05) is 0 Å². The highest BCUT2D eigenvalue weighted by Crippen LogP contribution is 2.41. The molecule has 6 heteroatoms. The Morgan fingerprint density at radius 3 is 1.91 bits per heavy atom. The van der Waals surface area contributed by atoms with E-state index >= 15 is 0 Å². The summed E-state index contributed by atoms with van der Waals surface area (Å²) in [6, 6.07) is 52.8. The van der Waals surface area contributed by atoms with Crippen LogP contribution in [0.15, 0.2) is 218 Å². The van der Waals surface area contributed by atoms with Crippen molar-refractivity contribution >= 4 is 54.6 Å². The van der Waals surface area contributed by atoms with Crippen LogP contribution in [0.3, 0.4) is 0 Å². The Balaban J connectivity index is 0.959. The molecule has 0 fully saturated rings. The summed E-state index contributed by atoms with van der Waals surface area (Å²) in [6.45, 7) is 15.7. The lowest BCUT2D eigenvalue weighted by molar-refractivity contribution is -0.571. The molecule has 76 heavy (non-hydrogen) atoms. The third-order valence-electron chi connectivity index (χ3n) is 14.7. The summed E-state index contributed by atoms with van der Waals surface area (Å²) in [5, 5.41) is 1.64. The molecule has 6 nitrogen and oxygen atoms in total. The summed E-state index contributed by atoms with van der Waals surface area (Å²) in [7, 11) is 0. The van der Waals surface area contributed by atoms with Gasteiger partial charge in [-0.3, -0.25) is 13.7 Å². The summed E-state index contributed by atoms with van der Waals surface area (Å²) < 4.78 is 85.6. The minimum atomic E-state index is -0.489. The topological polar surface area (TPSA) is 40.8 Å². The normalized spacial score (nSPS) is 13.7. The second-order valence-electron chi connectivity index (χ2n) is 21.6. The van der Waals surface area contributed by atoms with E-state index in [0.717, 1.165) is 78.5 Å². The molecule has 4 heterocycles. The van der Waals surface area contributed by atoms with Gasteiger partial charge in [0, 0.05) is 39.5 Å². The van der Waals surface area contributed by atoms with E-state index in [2.05, 4.69) is 166 Å². The average molecular weight is 994 g/mol. The van der Waals surface area contributed by atoms with Crippen LogP contribution >= 0.6 is 0 Å². The summed E-state index contributed by atoms with van der Waals surface area (Å²) >= 11 is 0. The second-order valence-corrected chi connectivity index (χ2v) is 21.6. The van der Waals surface area contributed by atoms with Crippen molar-refractivity contribution in [2.45, 2.75) is 65.7 Å². The van der Waals surface area contributed by atoms with Crippen LogP contribution in [0.2, 0.25) is 0 Å². The number of hydrogen-bond acceptors (Lipinski definition) is 2. The van der Waals surface area contributed by atoms with Gasteiger partial charge in [-0.25, -0.2) is 4.98 Å². The van der Waals surface area contributed by atoms with Crippen molar-refractivity contribution in [1.29, 1.82) is 0 Å². The fourth-order valence-corrected chi connectivity index (χ4v) is 10.7. The summed E-state index contributed by atoms with van der Waals surface area (Å²) in [6.07, 6.45) is 6.42. The van der Waals surface area contributed by atoms with Crippen LogP contribution in [0.1, 0.15) is 76.1 Å². The highest BCUT2D eigenvalue weighted by atomic mass is 16.5. The number of rotatable bonds is 9. The summed E-state index contributed by atoms with van der Waals surface area (Å²) in [5.41, 5.74) is 13.8. The Bertz CT molecular complexity index is 4760. The standard InChI is InChI=1S/C70H59N5O/c1-8-46-36-37-71-67(38-46)75-63-35-32-52(74-61-28-14-12-24-57(61)58-25-13-15-29-62(58)74)43-60(63)59-34-33-54(44-66(59)75)76-53-23-18-22-51(42-53)72-45-73(65-31-17-16-30-64(65)72)68-55(47-20-10-9-11-21-47)26-19-27-56(68)48-39-49(69(2,3)4)41-50(40-48)70(5,6)7/h9-44H,8H2,1-7H3/i12D,13D,14D,15D,24D,25D,28D,29D. The average Bonchev–Trinajstić information content (AvgIpc) is 1.67. The molecule has 0 saturated heterocycles. The van der Waals surface area contributed by atoms with Gasteiger partial charge in [-0.05, 0) is 129 Å². The lowest BCUT2D eigenvalue weighted by atomic mass is 9.78. The van der Waals surface area contributed by atoms with Crippen LogP contribution in [0.5, 0.6) is 11.5 Å². The van der Waals surface area contributed by atoms with Gasteiger partial charge in [-0.1, -0.05) is 182 Å². The zero-order chi connectivity index (χ0) is 58.8. The number of ether oxygens (including phenoxy) is 1. The molecule has 0 amide bonds. The molecule has 0 radical (unpaired) electrons. The molecule has 370 valence electrons. The molecule has 13 aromatic rings. The third-order valence-corrected chi connectivity index (χ3v) is 14.7. The van der Waals surface area contributed by atoms with E-state index < -0.39 is 24.2 Å². The van der Waals surface area contributed by atoms with Crippen LogP contribution < -0.4 is 9.30 Å². The Hall–Kier alpha value is -9.00. The van der Waals surface area contributed by atoms with Crippen LogP contribution in [0, 0.1) is 6.33 Å². The van der Waals surface area contributed by atoms with Crippen molar-refractivity contribution in [3.05, 3.63) is 241 Å². The van der Waals surface area contributed by atoms with E-state index in [1.165, 1.54) is 11.1 Å². The predicted molar refractivity (Wildman–Crippen MR) is 314 cm³/mol. The van der Waals surface area contributed by atoms with E-state index in [1.54, 1.807) is 10.8 Å². The number of pyridine rings is 1. The molecule has 0 aliphatic heterocycles. The first-order chi connectivity index (χ1) is 40.2. The van der Waals surface area contributed by atoms with Crippen molar-refractivity contribution in [2.24, 2.45) is 0 Å². The van der Waals surface area contributed by atoms with Gasteiger partial charge < -0.3 is 9.30 Å². The molecule has 4 aromatic heterocycles. The van der Waals surface area contributed by atoms with Gasteiger partial charge in [0.05, 0.1) is 55.4 Å². The molecule has 0 unspecified atom stereocenters.